The number of amides is 5. The molecule has 56 heavy (non-hydrogen) atoms. The van der Waals surface area contributed by atoms with Crippen LogP contribution in [0, 0.1) is 0 Å². The molecule has 1 aromatic carbocycles. The molecule has 0 heterocycles. The van der Waals surface area contributed by atoms with Gasteiger partial charge in [-0.3, -0.25) is 43.2 Å². The van der Waals surface area contributed by atoms with Crippen molar-refractivity contribution in [1.82, 2.24) is 26.6 Å². The largest absolute Gasteiger partial charge is 0.481 e. The highest BCUT2D eigenvalue weighted by Crippen LogP contribution is 2.08. The van der Waals surface area contributed by atoms with Crippen LogP contribution in [0.25, 0.3) is 0 Å². The number of rotatable bonds is 30. The van der Waals surface area contributed by atoms with Crippen LogP contribution in [0.4, 0.5) is 0 Å². The van der Waals surface area contributed by atoms with Crippen LogP contribution in [0.5, 0.6) is 0 Å². The van der Waals surface area contributed by atoms with E-state index in [0.29, 0.717) is 25.2 Å². The second-order valence-corrected chi connectivity index (χ2v) is 12.0. The number of carboxylic acid groups (broad SMARTS) is 3. The predicted octanol–water partition coefficient (Wildman–Crippen LogP) is -1.53. The summed E-state index contributed by atoms with van der Waals surface area (Å²) in [4.78, 5) is 113. The Morgan fingerprint density at radius 2 is 1.09 bits per heavy atom. The first-order valence-electron chi connectivity index (χ1n) is 17.6. The molecule has 21 nitrogen and oxygen atoms in total. The quantitative estimate of drug-likeness (QED) is 0.0323. The summed E-state index contributed by atoms with van der Waals surface area (Å²) in [6.07, 6.45) is -3.58. The Kier molecular flexibility index (Phi) is 24.0. The summed E-state index contributed by atoms with van der Waals surface area (Å²) >= 11 is 0. The molecule has 312 valence electrons. The summed E-state index contributed by atoms with van der Waals surface area (Å²) in [5, 5.41) is 39.4. The molecule has 4 atom stereocenters. The molecule has 0 aromatic heterocycles. The molecular formula is C35H51N5O16. The number of ether oxygens (including phenoxy) is 4. The van der Waals surface area contributed by atoms with Crippen LogP contribution >= 0.6 is 0 Å². The number of methoxy groups -OCH3 is 1. The van der Waals surface area contributed by atoms with E-state index in [0.717, 1.165) is 0 Å². The number of hydrogen-bond donors (Lipinski definition) is 8. The molecule has 0 fully saturated rings. The zero-order valence-electron chi connectivity index (χ0n) is 31.2. The smallest absolute Gasteiger partial charge is 0.306 e. The molecule has 0 spiro atoms. The van der Waals surface area contributed by atoms with Crippen molar-refractivity contribution in [3.05, 3.63) is 35.9 Å². The van der Waals surface area contributed by atoms with Crippen molar-refractivity contribution in [3.63, 3.8) is 0 Å². The topological polar surface area (TPSA) is 311 Å². The predicted molar refractivity (Wildman–Crippen MR) is 191 cm³/mol. The molecule has 1 rings (SSSR count). The molecule has 0 radical (unpaired) electrons. The van der Waals surface area contributed by atoms with Gasteiger partial charge in [0.25, 0.3) is 0 Å². The first kappa shape index (κ1) is 48.3. The summed E-state index contributed by atoms with van der Waals surface area (Å²) in [7, 11) is 1.52. The fourth-order valence-electron chi connectivity index (χ4n) is 4.64. The Morgan fingerprint density at radius 3 is 1.62 bits per heavy atom. The van der Waals surface area contributed by atoms with E-state index in [9.17, 15) is 58.5 Å². The van der Waals surface area contributed by atoms with Crippen LogP contribution in [0.2, 0.25) is 0 Å². The first-order chi connectivity index (χ1) is 26.7. The zero-order valence-corrected chi connectivity index (χ0v) is 31.2. The second-order valence-electron chi connectivity index (χ2n) is 12.0. The summed E-state index contributed by atoms with van der Waals surface area (Å²) in [6.45, 7) is 2.59. The Balaban J connectivity index is 3.14. The molecule has 0 aliphatic rings. The molecule has 1 aromatic rings. The fraction of sp³-hybridized carbons (Fsp3) is 0.571. The maximum atomic E-state index is 13.6. The minimum atomic E-state index is -1.95. The van der Waals surface area contributed by atoms with E-state index in [1.165, 1.54) is 7.11 Å². The van der Waals surface area contributed by atoms with Crippen molar-refractivity contribution in [2.75, 3.05) is 46.7 Å². The number of benzene rings is 1. The lowest BCUT2D eigenvalue weighted by Crippen LogP contribution is -2.59. The SMILES string of the molecule is CCCC(=O)N[C@@H](CC(=O)O)C(=O)N[C@@H](CCC(=O)OCc1ccccc1)C(=O)N[C@@H](CC(=O)O)C(=O)N[C@@H](CC(=O)O)C(=O)NCCOCCOCCOC. The van der Waals surface area contributed by atoms with Gasteiger partial charge in [0.1, 0.15) is 30.8 Å². The van der Waals surface area contributed by atoms with Crippen molar-refractivity contribution in [2.24, 2.45) is 0 Å². The average Bonchev–Trinajstić information content (AvgIpc) is 3.13. The van der Waals surface area contributed by atoms with E-state index < -0.39 is 110 Å². The number of carbonyl (C=O) groups excluding carboxylic acids is 6. The van der Waals surface area contributed by atoms with Crippen molar-refractivity contribution < 1.29 is 77.4 Å². The summed E-state index contributed by atoms with van der Waals surface area (Å²) in [5.41, 5.74) is 0.646. The lowest BCUT2D eigenvalue weighted by molar-refractivity contribution is -0.146. The summed E-state index contributed by atoms with van der Waals surface area (Å²) in [6, 6.07) is 1.49. The number of esters is 1. The Hall–Kier alpha value is -5.67. The highest BCUT2D eigenvalue weighted by Gasteiger charge is 2.34. The van der Waals surface area contributed by atoms with Crippen LogP contribution in [0.15, 0.2) is 30.3 Å². The van der Waals surface area contributed by atoms with Crippen LogP contribution in [-0.4, -0.2) is 140 Å². The monoisotopic (exact) mass is 797 g/mol. The molecule has 0 saturated carbocycles. The molecular weight excluding hydrogens is 746 g/mol. The van der Waals surface area contributed by atoms with Crippen molar-refractivity contribution in [1.29, 1.82) is 0 Å². The number of carbonyl (C=O) groups is 9. The molecule has 0 bridgehead atoms. The number of nitrogens with one attached hydrogen (secondary N) is 5. The first-order valence-corrected chi connectivity index (χ1v) is 17.6. The van der Waals surface area contributed by atoms with Gasteiger partial charge in [0.2, 0.25) is 29.5 Å². The molecule has 0 aliphatic carbocycles. The molecule has 0 saturated heterocycles. The third kappa shape index (κ3) is 21.9. The Labute approximate surface area is 322 Å². The number of aliphatic carboxylic acids is 3. The van der Waals surface area contributed by atoms with E-state index in [1.807, 2.05) is 0 Å². The third-order valence-corrected chi connectivity index (χ3v) is 7.39. The van der Waals surface area contributed by atoms with Gasteiger partial charge >= 0.3 is 23.9 Å². The van der Waals surface area contributed by atoms with E-state index in [-0.39, 0.29) is 39.4 Å². The second kappa shape index (κ2) is 27.8. The third-order valence-electron chi connectivity index (χ3n) is 7.39. The van der Waals surface area contributed by atoms with Gasteiger partial charge in [-0.15, -0.1) is 0 Å². The highest BCUT2D eigenvalue weighted by molar-refractivity contribution is 5.98. The van der Waals surface area contributed by atoms with Gasteiger partial charge in [0, 0.05) is 26.5 Å². The zero-order chi connectivity index (χ0) is 41.9. The van der Waals surface area contributed by atoms with E-state index in [4.69, 9.17) is 18.9 Å². The molecule has 8 N–H and O–H groups in total. The molecule has 0 aliphatic heterocycles. The van der Waals surface area contributed by atoms with Crippen molar-refractivity contribution in [3.8, 4) is 0 Å². The lowest BCUT2D eigenvalue weighted by Gasteiger charge is -2.25. The van der Waals surface area contributed by atoms with Gasteiger partial charge in [-0.05, 0) is 18.4 Å². The van der Waals surface area contributed by atoms with E-state index >= 15 is 0 Å². The van der Waals surface area contributed by atoms with Gasteiger partial charge in [-0.1, -0.05) is 37.3 Å². The van der Waals surface area contributed by atoms with Crippen LogP contribution in [-0.2, 0) is 68.7 Å². The van der Waals surface area contributed by atoms with Gasteiger partial charge in [-0.25, -0.2) is 0 Å². The lowest BCUT2D eigenvalue weighted by atomic mass is 10.1. The molecule has 5 amide bonds. The normalized spacial score (nSPS) is 12.8. The molecule has 0 unspecified atom stereocenters. The van der Waals surface area contributed by atoms with Gasteiger partial charge in [0.05, 0.1) is 52.3 Å². The van der Waals surface area contributed by atoms with Gasteiger partial charge < -0.3 is 60.9 Å². The van der Waals surface area contributed by atoms with Crippen molar-refractivity contribution in [2.45, 2.75) is 82.6 Å². The Morgan fingerprint density at radius 1 is 0.607 bits per heavy atom. The van der Waals surface area contributed by atoms with Crippen LogP contribution in [0.3, 0.4) is 0 Å². The minimum absolute atomic E-state index is 0.00662. The van der Waals surface area contributed by atoms with E-state index in [2.05, 4.69) is 26.6 Å². The number of hydrogen-bond acceptors (Lipinski definition) is 13. The van der Waals surface area contributed by atoms with E-state index in [1.54, 1.807) is 37.3 Å². The maximum Gasteiger partial charge on any atom is 0.306 e. The van der Waals surface area contributed by atoms with Crippen LogP contribution < -0.4 is 26.6 Å². The standard InChI is InChI=1S/C35H51N5O16/c1-3-7-27(41)37-25(19-29(44)45)34(51)38-23(10-11-31(48)56-21-22-8-5-4-6-9-22)33(50)40-26(20-30(46)47)35(52)39-24(18-28(42)43)32(49)36-12-13-54-16-17-55-15-14-53-2/h4-6,8-9,23-26H,3,7,10-21H2,1-2H3,(H,36,49)(H,37,41)(H,38,51)(H,39,52)(H,40,50)(H,42,43)(H,44,45)(H,46,47)/t23-,24-,25-,26-/m0/s1. The average molecular weight is 798 g/mol. The fourth-order valence-corrected chi connectivity index (χ4v) is 4.64. The van der Waals surface area contributed by atoms with Crippen LogP contribution in [0.1, 0.15) is 57.4 Å². The summed E-state index contributed by atoms with van der Waals surface area (Å²) in [5.74, 6) is -10.7. The van der Waals surface area contributed by atoms with Gasteiger partial charge in [0.15, 0.2) is 0 Å². The molecule has 21 heteroatoms. The Bertz CT molecular complexity index is 1460. The summed E-state index contributed by atoms with van der Waals surface area (Å²) < 4.78 is 20.6. The van der Waals surface area contributed by atoms with Gasteiger partial charge in [-0.2, -0.15) is 0 Å². The highest BCUT2D eigenvalue weighted by atomic mass is 16.5. The minimum Gasteiger partial charge on any atom is -0.481 e. The van der Waals surface area contributed by atoms with Crippen molar-refractivity contribution >= 4 is 53.4 Å². The number of carboxylic acids is 3. The maximum absolute atomic E-state index is 13.6.